The Kier molecular flexibility index (Phi) is 8.01. The van der Waals surface area contributed by atoms with E-state index >= 15 is 0 Å². The van der Waals surface area contributed by atoms with Crippen LogP contribution in [-0.4, -0.2) is 23.6 Å². The molecular formula is C27H21BrFN3O2S. The molecule has 176 valence electrons. The molecule has 1 heterocycles. The molecule has 0 radical (unpaired) electrons. The summed E-state index contributed by atoms with van der Waals surface area (Å²) in [5.41, 5.74) is 2.28. The molecule has 1 aliphatic heterocycles. The van der Waals surface area contributed by atoms with E-state index in [1.54, 1.807) is 0 Å². The number of nitriles is 1. The van der Waals surface area contributed by atoms with Crippen molar-refractivity contribution in [3.05, 3.63) is 111 Å². The average Bonchev–Trinajstić information content (AvgIpc) is 3.17. The Morgan fingerprint density at radius 1 is 1.03 bits per heavy atom. The summed E-state index contributed by atoms with van der Waals surface area (Å²) < 4.78 is 14.5. The lowest BCUT2D eigenvalue weighted by Gasteiger charge is -2.18. The number of anilines is 1. The Morgan fingerprint density at radius 2 is 1.71 bits per heavy atom. The highest BCUT2D eigenvalue weighted by molar-refractivity contribution is 9.10. The summed E-state index contributed by atoms with van der Waals surface area (Å²) in [5.74, 6) is -1.25. The number of hydrogen-bond acceptors (Lipinski definition) is 4. The number of carbonyl (C=O) groups is 2. The normalized spacial score (nSPS) is 16.7. The first kappa shape index (κ1) is 24.7. The molecule has 0 bridgehead atoms. The molecule has 5 nitrogen and oxygen atoms in total. The molecule has 0 saturated carbocycles. The van der Waals surface area contributed by atoms with Gasteiger partial charge in [-0.1, -0.05) is 70.2 Å². The molecule has 0 aromatic heterocycles. The summed E-state index contributed by atoms with van der Waals surface area (Å²) in [6.45, 7) is 0.346. The predicted octanol–water partition coefficient (Wildman–Crippen LogP) is 5.37. The molecule has 3 aromatic carbocycles. The third-order valence-corrected chi connectivity index (χ3v) is 7.26. The van der Waals surface area contributed by atoms with Crippen LogP contribution in [0.4, 0.5) is 10.1 Å². The van der Waals surface area contributed by atoms with Crippen molar-refractivity contribution in [2.75, 3.05) is 11.4 Å². The zero-order valence-electron chi connectivity index (χ0n) is 18.6. The summed E-state index contributed by atoms with van der Waals surface area (Å²) in [4.78, 5) is 27.8. The number of benzene rings is 3. The van der Waals surface area contributed by atoms with Crippen molar-refractivity contribution in [2.45, 2.75) is 18.1 Å². The van der Waals surface area contributed by atoms with E-state index in [-0.39, 0.29) is 16.5 Å². The van der Waals surface area contributed by atoms with Crippen molar-refractivity contribution < 1.29 is 14.0 Å². The average molecular weight is 550 g/mol. The molecule has 1 N–H and O–H groups in total. The third-order valence-electron chi connectivity index (χ3n) is 5.47. The SMILES string of the molecule is N#C/C(C(=O)NCCc1ccccc1)=C1/S[C@H](Cc2ccc(Br)cc2)C(=O)N1c1ccc(F)cc1. The molecule has 1 fully saturated rings. The zero-order chi connectivity index (χ0) is 24.8. The van der Waals surface area contributed by atoms with E-state index in [9.17, 15) is 19.2 Å². The van der Waals surface area contributed by atoms with Crippen LogP contribution in [0.15, 0.2) is 93.9 Å². The number of halogens is 2. The van der Waals surface area contributed by atoms with E-state index in [1.165, 1.54) is 40.9 Å². The number of rotatable bonds is 7. The fourth-order valence-electron chi connectivity index (χ4n) is 3.70. The number of hydrogen-bond donors (Lipinski definition) is 1. The third kappa shape index (κ3) is 5.99. The zero-order valence-corrected chi connectivity index (χ0v) is 21.0. The maximum Gasteiger partial charge on any atom is 0.264 e. The Morgan fingerprint density at radius 3 is 2.37 bits per heavy atom. The highest BCUT2D eigenvalue weighted by atomic mass is 79.9. The van der Waals surface area contributed by atoms with Crippen molar-refractivity contribution in [3.63, 3.8) is 0 Å². The second-order valence-electron chi connectivity index (χ2n) is 7.87. The lowest BCUT2D eigenvalue weighted by atomic mass is 10.1. The number of thioether (sulfide) groups is 1. The Bertz CT molecular complexity index is 1290. The predicted molar refractivity (Wildman–Crippen MR) is 139 cm³/mol. The first-order valence-corrected chi connectivity index (χ1v) is 12.6. The lowest BCUT2D eigenvalue weighted by Crippen LogP contribution is -2.32. The van der Waals surface area contributed by atoms with Crippen molar-refractivity contribution in [3.8, 4) is 6.07 Å². The van der Waals surface area contributed by atoms with Gasteiger partial charge >= 0.3 is 0 Å². The maximum atomic E-state index is 13.6. The summed E-state index contributed by atoms with van der Waals surface area (Å²) in [6.07, 6.45) is 1.03. The number of amides is 2. The highest BCUT2D eigenvalue weighted by Gasteiger charge is 2.40. The standard InChI is InChI=1S/C27H21BrFN3O2S/c28-20-8-6-19(7-9-20)16-24-26(34)32(22-12-10-21(29)11-13-22)27(35-24)23(17-30)25(33)31-15-14-18-4-2-1-3-5-18/h1-13,24H,14-16H2,(H,31,33)/b27-23-/t24-/m1/s1. The fourth-order valence-corrected chi connectivity index (χ4v) is 5.27. The van der Waals surface area contributed by atoms with E-state index in [0.29, 0.717) is 25.1 Å². The summed E-state index contributed by atoms with van der Waals surface area (Å²) >= 11 is 4.59. The second-order valence-corrected chi connectivity index (χ2v) is 9.98. The summed E-state index contributed by atoms with van der Waals surface area (Å²) in [7, 11) is 0. The molecule has 8 heteroatoms. The van der Waals surface area contributed by atoms with E-state index in [4.69, 9.17) is 0 Å². The highest BCUT2D eigenvalue weighted by Crippen LogP contribution is 2.42. The van der Waals surface area contributed by atoms with E-state index in [1.807, 2.05) is 60.7 Å². The van der Waals surface area contributed by atoms with Crippen LogP contribution in [0.5, 0.6) is 0 Å². The van der Waals surface area contributed by atoms with Crippen LogP contribution in [-0.2, 0) is 22.4 Å². The molecule has 2 amide bonds. The molecule has 0 aliphatic carbocycles. The monoisotopic (exact) mass is 549 g/mol. The van der Waals surface area contributed by atoms with Gasteiger partial charge in [0, 0.05) is 16.7 Å². The largest absolute Gasteiger partial charge is 0.351 e. The summed E-state index contributed by atoms with van der Waals surface area (Å²) in [6, 6.07) is 24.8. The first-order valence-electron chi connectivity index (χ1n) is 10.9. The Hall–Kier alpha value is -3.41. The van der Waals surface area contributed by atoms with Crippen LogP contribution in [0.25, 0.3) is 0 Å². The van der Waals surface area contributed by atoms with Gasteiger partial charge in [-0.25, -0.2) is 4.39 Å². The van der Waals surface area contributed by atoms with Crippen LogP contribution >= 0.6 is 27.7 Å². The number of nitrogens with zero attached hydrogens (tertiary/aromatic N) is 2. The van der Waals surface area contributed by atoms with E-state index in [0.717, 1.165) is 15.6 Å². The Balaban J connectivity index is 1.61. The van der Waals surface area contributed by atoms with Crippen LogP contribution in [0.2, 0.25) is 0 Å². The van der Waals surface area contributed by atoms with Gasteiger partial charge in [0.05, 0.1) is 5.25 Å². The van der Waals surface area contributed by atoms with Gasteiger partial charge in [-0.3, -0.25) is 14.5 Å². The fraction of sp³-hybridized carbons (Fsp3) is 0.148. The molecular weight excluding hydrogens is 529 g/mol. The van der Waals surface area contributed by atoms with Gasteiger partial charge in [0.1, 0.15) is 22.5 Å². The number of carbonyl (C=O) groups excluding carboxylic acids is 2. The van der Waals surface area contributed by atoms with E-state index in [2.05, 4.69) is 21.2 Å². The minimum Gasteiger partial charge on any atom is -0.351 e. The molecule has 35 heavy (non-hydrogen) atoms. The van der Waals surface area contributed by atoms with Gasteiger partial charge < -0.3 is 5.32 Å². The topological polar surface area (TPSA) is 73.2 Å². The van der Waals surface area contributed by atoms with Gasteiger partial charge in [-0.05, 0) is 60.4 Å². The first-order chi connectivity index (χ1) is 17.0. The molecule has 0 spiro atoms. The Labute approximate surface area is 215 Å². The maximum absolute atomic E-state index is 13.6. The van der Waals surface area contributed by atoms with Gasteiger partial charge in [0.15, 0.2) is 0 Å². The van der Waals surface area contributed by atoms with Gasteiger partial charge in [0.25, 0.3) is 5.91 Å². The van der Waals surface area contributed by atoms with Gasteiger partial charge in [0.2, 0.25) is 5.91 Å². The minimum absolute atomic E-state index is 0.140. The van der Waals surface area contributed by atoms with Crippen LogP contribution in [0, 0.1) is 17.1 Å². The van der Waals surface area contributed by atoms with E-state index < -0.39 is 17.0 Å². The van der Waals surface area contributed by atoms with Crippen molar-refractivity contribution in [1.82, 2.24) is 5.32 Å². The number of nitrogens with one attached hydrogen (secondary N) is 1. The van der Waals surface area contributed by atoms with Gasteiger partial charge in [-0.15, -0.1) is 0 Å². The molecule has 4 rings (SSSR count). The van der Waals surface area contributed by atoms with Crippen molar-refractivity contribution >= 4 is 45.2 Å². The van der Waals surface area contributed by atoms with Crippen LogP contribution in [0.3, 0.4) is 0 Å². The smallest absolute Gasteiger partial charge is 0.264 e. The molecule has 3 aromatic rings. The molecule has 1 saturated heterocycles. The molecule has 1 aliphatic rings. The van der Waals surface area contributed by atoms with Crippen molar-refractivity contribution in [1.29, 1.82) is 5.26 Å². The lowest BCUT2D eigenvalue weighted by molar-refractivity contribution is -0.117. The minimum atomic E-state index is -0.546. The second kappa shape index (κ2) is 11.3. The van der Waals surface area contributed by atoms with Gasteiger partial charge in [-0.2, -0.15) is 5.26 Å². The summed E-state index contributed by atoms with van der Waals surface area (Å²) in [5, 5.41) is 12.4. The van der Waals surface area contributed by atoms with Crippen molar-refractivity contribution in [2.24, 2.45) is 0 Å². The molecule has 1 atom stereocenters. The quantitative estimate of drug-likeness (QED) is 0.317. The molecule has 0 unspecified atom stereocenters. The van der Waals surface area contributed by atoms with Crippen LogP contribution < -0.4 is 10.2 Å². The van der Waals surface area contributed by atoms with Crippen LogP contribution in [0.1, 0.15) is 11.1 Å².